The van der Waals surface area contributed by atoms with Gasteiger partial charge in [-0.2, -0.15) is 4.80 Å². The highest BCUT2D eigenvalue weighted by Gasteiger charge is 2.24. The number of anilines is 1. The molecule has 3 aromatic heterocycles. The van der Waals surface area contributed by atoms with Crippen LogP contribution in [0.25, 0.3) is 22.6 Å². The minimum atomic E-state index is -0.161. The van der Waals surface area contributed by atoms with Crippen molar-refractivity contribution in [2.24, 2.45) is 7.05 Å². The van der Waals surface area contributed by atoms with Crippen molar-refractivity contribution < 1.29 is 14.0 Å². The van der Waals surface area contributed by atoms with Gasteiger partial charge in [-0.15, -0.1) is 10.2 Å². The number of oxazole rings is 1. The SMILES string of the molecule is CC(=O)Nc1ccc2oc(-c3ccnc(C(=O)N4CCN(Cc5nnn(C)n5)CC4)c3)nc2c1. The van der Waals surface area contributed by atoms with Gasteiger partial charge in [0.1, 0.15) is 11.2 Å². The topological polar surface area (TPSA) is 135 Å². The Labute approximate surface area is 194 Å². The highest BCUT2D eigenvalue weighted by atomic mass is 16.3. The zero-order chi connectivity index (χ0) is 23.7. The largest absolute Gasteiger partial charge is 0.436 e. The van der Waals surface area contributed by atoms with Crippen molar-refractivity contribution in [2.75, 3.05) is 31.5 Å². The summed E-state index contributed by atoms with van der Waals surface area (Å²) in [6, 6.07) is 8.69. The second-order valence-corrected chi connectivity index (χ2v) is 8.08. The van der Waals surface area contributed by atoms with Crippen molar-refractivity contribution in [3.8, 4) is 11.5 Å². The molecule has 34 heavy (non-hydrogen) atoms. The third-order valence-electron chi connectivity index (χ3n) is 5.51. The molecule has 0 unspecified atom stereocenters. The van der Waals surface area contributed by atoms with Crippen molar-refractivity contribution in [3.05, 3.63) is 48.0 Å². The van der Waals surface area contributed by atoms with Crippen LogP contribution in [0.5, 0.6) is 0 Å². The average Bonchev–Trinajstić information content (AvgIpc) is 3.44. The average molecular weight is 461 g/mol. The maximum absolute atomic E-state index is 13.1. The number of tetrazole rings is 1. The number of hydrogen-bond acceptors (Lipinski definition) is 9. The van der Waals surface area contributed by atoms with E-state index in [-0.39, 0.29) is 11.8 Å². The van der Waals surface area contributed by atoms with Gasteiger partial charge < -0.3 is 14.6 Å². The van der Waals surface area contributed by atoms with E-state index in [0.717, 1.165) is 0 Å². The molecule has 5 rings (SSSR count). The lowest BCUT2D eigenvalue weighted by atomic mass is 10.2. The predicted octanol–water partition coefficient (Wildman–Crippen LogP) is 1.33. The van der Waals surface area contributed by atoms with Gasteiger partial charge in [0.25, 0.3) is 5.91 Å². The Morgan fingerprint density at radius 2 is 1.94 bits per heavy atom. The lowest BCUT2D eigenvalue weighted by Gasteiger charge is -2.33. The molecule has 1 saturated heterocycles. The fourth-order valence-electron chi connectivity index (χ4n) is 3.87. The molecule has 0 spiro atoms. The van der Waals surface area contributed by atoms with Gasteiger partial charge >= 0.3 is 0 Å². The van der Waals surface area contributed by atoms with E-state index in [0.29, 0.717) is 72.5 Å². The van der Waals surface area contributed by atoms with Gasteiger partial charge in [-0.3, -0.25) is 19.5 Å². The van der Waals surface area contributed by atoms with Crippen molar-refractivity contribution in [1.82, 2.24) is 40.0 Å². The smallest absolute Gasteiger partial charge is 0.272 e. The molecule has 174 valence electrons. The molecule has 0 bridgehead atoms. The molecule has 1 N–H and O–H groups in total. The second-order valence-electron chi connectivity index (χ2n) is 8.08. The summed E-state index contributed by atoms with van der Waals surface area (Å²) in [5, 5.41) is 14.8. The summed E-state index contributed by atoms with van der Waals surface area (Å²) in [4.78, 5) is 38.6. The summed E-state index contributed by atoms with van der Waals surface area (Å²) in [7, 11) is 1.73. The fraction of sp³-hybridized carbons (Fsp3) is 0.318. The van der Waals surface area contributed by atoms with Gasteiger partial charge in [-0.1, -0.05) is 0 Å². The van der Waals surface area contributed by atoms with E-state index in [4.69, 9.17) is 4.42 Å². The number of piperazine rings is 1. The molecule has 0 aliphatic carbocycles. The van der Waals surface area contributed by atoms with Crippen LogP contribution in [0, 0.1) is 0 Å². The van der Waals surface area contributed by atoms with Gasteiger partial charge in [0.15, 0.2) is 11.4 Å². The lowest BCUT2D eigenvalue weighted by Crippen LogP contribution is -2.48. The van der Waals surface area contributed by atoms with E-state index in [2.05, 4.69) is 35.6 Å². The minimum Gasteiger partial charge on any atom is -0.436 e. The van der Waals surface area contributed by atoms with Crippen LogP contribution in [0.15, 0.2) is 40.9 Å². The van der Waals surface area contributed by atoms with Crippen molar-refractivity contribution >= 4 is 28.6 Å². The molecule has 12 nitrogen and oxygen atoms in total. The molecule has 1 aliphatic heterocycles. The van der Waals surface area contributed by atoms with E-state index in [1.807, 2.05) is 0 Å². The van der Waals surface area contributed by atoms with Gasteiger partial charge in [0, 0.05) is 50.6 Å². The molecule has 0 saturated carbocycles. The number of benzene rings is 1. The summed E-state index contributed by atoms with van der Waals surface area (Å²) in [6.45, 7) is 4.64. The first kappa shape index (κ1) is 21.6. The first-order valence-corrected chi connectivity index (χ1v) is 10.8. The van der Waals surface area contributed by atoms with Gasteiger partial charge in [0.05, 0.1) is 13.6 Å². The van der Waals surface area contributed by atoms with Crippen LogP contribution in [0.1, 0.15) is 23.2 Å². The number of hydrogen-bond donors (Lipinski definition) is 1. The molecule has 0 atom stereocenters. The molecule has 1 aromatic carbocycles. The number of aryl methyl sites for hydroxylation is 1. The van der Waals surface area contributed by atoms with Crippen molar-refractivity contribution in [3.63, 3.8) is 0 Å². The summed E-state index contributed by atoms with van der Waals surface area (Å²) in [6.07, 6.45) is 1.58. The highest BCUT2D eigenvalue weighted by Crippen LogP contribution is 2.26. The van der Waals surface area contributed by atoms with Crippen LogP contribution in [0.2, 0.25) is 0 Å². The molecular weight excluding hydrogens is 438 g/mol. The number of carbonyl (C=O) groups excluding carboxylic acids is 2. The second kappa shape index (κ2) is 8.98. The molecule has 12 heteroatoms. The van der Waals surface area contributed by atoms with E-state index in [9.17, 15) is 9.59 Å². The van der Waals surface area contributed by atoms with Gasteiger partial charge in [-0.05, 0) is 35.5 Å². The van der Waals surface area contributed by atoms with E-state index >= 15 is 0 Å². The zero-order valence-corrected chi connectivity index (χ0v) is 18.8. The third-order valence-corrected chi connectivity index (χ3v) is 5.51. The number of pyridine rings is 1. The van der Waals surface area contributed by atoms with E-state index in [1.165, 1.54) is 11.7 Å². The Bertz CT molecular complexity index is 1350. The summed E-state index contributed by atoms with van der Waals surface area (Å²) >= 11 is 0. The number of nitrogens with one attached hydrogen (secondary N) is 1. The van der Waals surface area contributed by atoms with E-state index in [1.54, 1.807) is 48.5 Å². The summed E-state index contributed by atoms with van der Waals surface area (Å²) in [5.74, 6) is 0.752. The maximum Gasteiger partial charge on any atom is 0.272 e. The number of rotatable bonds is 5. The number of aromatic nitrogens is 6. The van der Waals surface area contributed by atoms with Crippen LogP contribution in [-0.4, -0.2) is 78.0 Å². The standard InChI is InChI=1S/C22H23N9O3/c1-14(32)24-16-3-4-19-17(12-16)25-21(34-19)15-5-6-23-18(11-15)22(33)31-9-7-30(8-10-31)13-20-26-28-29(2)27-20/h3-6,11-12H,7-10,13H2,1-2H3,(H,24,32). The maximum atomic E-state index is 13.1. The highest BCUT2D eigenvalue weighted by molar-refractivity contribution is 5.94. The normalized spacial score (nSPS) is 14.5. The lowest BCUT2D eigenvalue weighted by molar-refractivity contribution is -0.114. The fourth-order valence-corrected chi connectivity index (χ4v) is 3.87. The number of nitrogens with zero attached hydrogens (tertiary/aromatic N) is 8. The summed E-state index contributed by atoms with van der Waals surface area (Å²) in [5.41, 5.74) is 2.83. The van der Waals surface area contributed by atoms with Crippen LogP contribution in [0.3, 0.4) is 0 Å². The first-order valence-electron chi connectivity index (χ1n) is 10.8. The Kier molecular flexibility index (Phi) is 5.72. The molecule has 2 amide bonds. The molecular formula is C22H23N9O3. The molecule has 4 aromatic rings. The Balaban J connectivity index is 1.27. The number of carbonyl (C=O) groups is 2. The molecule has 4 heterocycles. The molecule has 1 fully saturated rings. The van der Waals surface area contributed by atoms with Crippen LogP contribution >= 0.6 is 0 Å². The number of fused-ring (bicyclic) bond motifs is 1. The molecule has 1 aliphatic rings. The summed E-state index contributed by atoms with van der Waals surface area (Å²) < 4.78 is 5.86. The molecule has 0 radical (unpaired) electrons. The van der Waals surface area contributed by atoms with Gasteiger partial charge in [0.2, 0.25) is 11.8 Å². The van der Waals surface area contributed by atoms with Crippen molar-refractivity contribution in [1.29, 1.82) is 0 Å². The monoisotopic (exact) mass is 461 g/mol. The third kappa shape index (κ3) is 4.62. The first-order chi connectivity index (χ1) is 16.4. The van der Waals surface area contributed by atoms with E-state index < -0.39 is 0 Å². The Morgan fingerprint density at radius 1 is 1.12 bits per heavy atom. The Hall–Kier alpha value is -4.19. The predicted molar refractivity (Wildman–Crippen MR) is 122 cm³/mol. The Morgan fingerprint density at radius 3 is 2.68 bits per heavy atom. The van der Waals surface area contributed by atoms with Crippen LogP contribution in [0.4, 0.5) is 5.69 Å². The minimum absolute atomic E-state index is 0.136. The van der Waals surface area contributed by atoms with Crippen LogP contribution < -0.4 is 5.32 Å². The van der Waals surface area contributed by atoms with Crippen molar-refractivity contribution in [2.45, 2.75) is 13.5 Å². The quantitative estimate of drug-likeness (QED) is 0.467. The number of amides is 2. The van der Waals surface area contributed by atoms with Crippen LogP contribution in [-0.2, 0) is 18.4 Å². The zero-order valence-electron chi connectivity index (χ0n) is 18.8. The van der Waals surface area contributed by atoms with Gasteiger partial charge in [-0.25, -0.2) is 4.98 Å².